The number of aryl methyl sites for hydroxylation is 1. The molecule has 1 rings (SSSR count). The molecule has 0 N–H and O–H groups in total. The van der Waals surface area contributed by atoms with Crippen molar-refractivity contribution in [3.63, 3.8) is 0 Å². The molecule has 114 valence electrons. The van der Waals surface area contributed by atoms with Crippen molar-refractivity contribution in [3.8, 4) is 0 Å². The molecule has 0 aliphatic rings. The van der Waals surface area contributed by atoms with E-state index >= 15 is 0 Å². The van der Waals surface area contributed by atoms with Gasteiger partial charge in [0.25, 0.3) is 0 Å². The van der Waals surface area contributed by atoms with Gasteiger partial charge in [0.05, 0.1) is 0 Å². The van der Waals surface area contributed by atoms with E-state index in [0.717, 1.165) is 11.5 Å². The monoisotopic (exact) mass is 280 g/mol. The Balaban J connectivity index is 0.000000361. The summed E-state index contributed by atoms with van der Waals surface area (Å²) in [6.07, 6.45) is 9.10. The Hall–Kier alpha value is -1.18. The molecular formula is C18H29FO. The number of hydrogen-bond acceptors (Lipinski definition) is 1. The van der Waals surface area contributed by atoms with Gasteiger partial charge in [-0.05, 0) is 30.5 Å². The highest BCUT2D eigenvalue weighted by atomic mass is 19.1. The Morgan fingerprint density at radius 3 is 2.25 bits per heavy atom. The van der Waals surface area contributed by atoms with Crippen LogP contribution in [0.15, 0.2) is 18.2 Å². The molecule has 0 amide bonds. The Bertz CT molecular complexity index is 370. The molecule has 0 fully saturated rings. The molecule has 0 spiro atoms. The van der Waals surface area contributed by atoms with E-state index in [1.807, 2.05) is 0 Å². The third-order valence-electron chi connectivity index (χ3n) is 3.74. The van der Waals surface area contributed by atoms with E-state index in [9.17, 15) is 9.18 Å². The number of rotatable bonds is 7. The quantitative estimate of drug-likeness (QED) is 0.445. The zero-order valence-corrected chi connectivity index (χ0v) is 13.4. The second kappa shape index (κ2) is 11.6. The number of carbonyl (C=O) groups is 1. The van der Waals surface area contributed by atoms with Crippen LogP contribution < -0.4 is 0 Å². The van der Waals surface area contributed by atoms with E-state index in [2.05, 4.69) is 20.8 Å². The molecule has 0 atom stereocenters. The van der Waals surface area contributed by atoms with E-state index < -0.39 is 0 Å². The van der Waals surface area contributed by atoms with Gasteiger partial charge in [-0.2, -0.15) is 0 Å². The first-order chi connectivity index (χ1) is 9.58. The molecule has 0 aromatic heterocycles. The molecule has 1 aromatic carbocycles. The third kappa shape index (κ3) is 8.08. The van der Waals surface area contributed by atoms with Crippen LogP contribution in [-0.4, -0.2) is 6.29 Å². The van der Waals surface area contributed by atoms with E-state index in [1.165, 1.54) is 50.7 Å². The maximum atomic E-state index is 12.4. The van der Waals surface area contributed by atoms with Gasteiger partial charge in [0.2, 0.25) is 0 Å². The van der Waals surface area contributed by atoms with Crippen molar-refractivity contribution in [2.75, 3.05) is 0 Å². The van der Waals surface area contributed by atoms with E-state index in [0.29, 0.717) is 11.8 Å². The fourth-order valence-corrected chi connectivity index (χ4v) is 2.12. The SMILES string of the molecule is CCCCCC(CC)CC.Cc1ccc(F)cc1C=O. The van der Waals surface area contributed by atoms with Gasteiger partial charge in [-0.3, -0.25) is 4.79 Å². The van der Waals surface area contributed by atoms with Crippen LogP contribution in [0.2, 0.25) is 0 Å². The van der Waals surface area contributed by atoms with E-state index in [1.54, 1.807) is 13.0 Å². The zero-order chi connectivity index (χ0) is 15.4. The minimum Gasteiger partial charge on any atom is -0.298 e. The van der Waals surface area contributed by atoms with Crippen LogP contribution in [0.25, 0.3) is 0 Å². The minimum atomic E-state index is -0.368. The predicted octanol–water partition coefficient (Wildman–Crippen LogP) is 5.95. The first-order valence-corrected chi connectivity index (χ1v) is 7.80. The van der Waals surface area contributed by atoms with E-state index in [4.69, 9.17) is 0 Å². The molecular weight excluding hydrogens is 251 g/mol. The van der Waals surface area contributed by atoms with Crippen LogP contribution in [0.1, 0.15) is 75.2 Å². The van der Waals surface area contributed by atoms with Crippen molar-refractivity contribution in [1.82, 2.24) is 0 Å². The van der Waals surface area contributed by atoms with Crippen molar-refractivity contribution in [2.45, 2.75) is 66.2 Å². The molecule has 1 aromatic rings. The second-order valence-corrected chi connectivity index (χ2v) is 5.30. The normalized spacial score (nSPS) is 10.1. The first kappa shape index (κ1) is 18.8. The summed E-state index contributed by atoms with van der Waals surface area (Å²) >= 11 is 0. The van der Waals surface area contributed by atoms with Gasteiger partial charge in [-0.1, -0.05) is 65.4 Å². The van der Waals surface area contributed by atoms with Crippen molar-refractivity contribution < 1.29 is 9.18 Å². The van der Waals surface area contributed by atoms with Gasteiger partial charge in [-0.25, -0.2) is 4.39 Å². The maximum Gasteiger partial charge on any atom is 0.150 e. The Kier molecular flexibility index (Phi) is 10.9. The summed E-state index contributed by atoms with van der Waals surface area (Å²) < 4.78 is 12.4. The smallest absolute Gasteiger partial charge is 0.150 e. The molecule has 1 nitrogen and oxygen atoms in total. The fourth-order valence-electron chi connectivity index (χ4n) is 2.12. The van der Waals surface area contributed by atoms with Crippen molar-refractivity contribution >= 4 is 6.29 Å². The van der Waals surface area contributed by atoms with Gasteiger partial charge in [0, 0.05) is 5.56 Å². The largest absolute Gasteiger partial charge is 0.298 e. The van der Waals surface area contributed by atoms with Gasteiger partial charge in [-0.15, -0.1) is 0 Å². The lowest BCUT2D eigenvalue weighted by Gasteiger charge is -2.10. The van der Waals surface area contributed by atoms with Gasteiger partial charge in [0.1, 0.15) is 12.1 Å². The molecule has 0 aliphatic heterocycles. The summed E-state index contributed by atoms with van der Waals surface area (Å²) in [6.45, 7) is 8.65. The molecule has 0 unspecified atom stereocenters. The molecule has 0 radical (unpaired) electrons. The average molecular weight is 280 g/mol. The summed E-state index contributed by atoms with van der Waals surface area (Å²) in [4.78, 5) is 10.2. The molecule has 0 bridgehead atoms. The molecule has 2 heteroatoms. The maximum absolute atomic E-state index is 12.4. The number of halogens is 1. The Morgan fingerprint density at radius 2 is 1.80 bits per heavy atom. The summed E-state index contributed by atoms with van der Waals surface area (Å²) in [6, 6.07) is 4.14. The van der Waals surface area contributed by atoms with Crippen molar-refractivity contribution in [2.24, 2.45) is 5.92 Å². The lowest BCUT2D eigenvalue weighted by atomic mass is 9.96. The molecule has 0 saturated carbocycles. The number of aldehydes is 1. The third-order valence-corrected chi connectivity index (χ3v) is 3.74. The molecule has 0 aliphatic carbocycles. The lowest BCUT2D eigenvalue weighted by molar-refractivity contribution is 0.112. The van der Waals surface area contributed by atoms with Crippen molar-refractivity contribution in [1.29, 1.82) is 0 Å². The van der Waals surface area contributed by atoms with Gasteiger partial charge < -0.3 is 0 Å². The van der Waals surface area contributed by atoms with E-state index in [-0.39, 0.29) is 5.82 Å². The zero-order valence-electron chi connectivity index (χ0n) is 13.4. The average Bonchev–Trinajstić information content (AvgIpc) is 2.47. The lowest BCUT2D eigenvalue weighted by Crippen LogP contribution is -1.95. The summed E-state index contributed by atoms with van der Waals surface area (Å²) in [5.74, 6) is 0.638. The van der Waals surface area contributed by atoms with Crippen LogP contribution in [0.5, 0.6) is 0 Å². The summed E-state index contributed by atoms with van der Waals surface area (Å²) in [7, 11) is 0. The summed E-state index contributed by atoms with van der Waals surface area (Å²) in [5.41, 5.74) is 1.22. The minimum absolute atomic E-state index is 0.368. The highest BCUT2D eigenvalue weighted by molar-refractivity contribution is 5.76. The highest BCUT2D eigenvalue weighted by Gasteiger charge is 2.01. The topological polar surface area (TPSA) is 17.1 Å². The Labute approximate surface area is 123 Å². The standard InChI is InChI=1S/C10H22.C8H7FO/c1-4-7-8-9-10(5-2)6-3;1-6-2-3-8(9)4-7(6)5-10/h10H,4-9H2,1-3H3;2-5H,1H3. The molecule has 20 heavy (non-hydrogen) atoms. The number of benzene rings is 1. The number of unbranched alkanes of at least 4 members (excludes halogenated alkanes) is 2. The van der Waals surface area contributed by atoms with Crippen LogP contribution >= 0.6 is 0 Å². The second-order valence-electron chi connectivity index (χ2n) is 5.30. The van der Waals surface area contributed by atoms with Crippen molar-refractivity contribution in [3.05, 3.63) is 35.1 Å². The summed E-state index contributed by atoms with van der Waals surface area (Å²) in [5, 5.41) is 0. The Morgan fingerprint density at radius 1 is 1.15 bits per heavy atom. The van der Waals surface area contributed by atoms with Crippen LogP contribution in [-0.2, 0) is 0 Å². The fraction of sp³-hybridized carbons (Fsp3) is 0.611. The van der Waals surface area contributed by atoms with Gasteiger partial charge >= 0.3 is 0 Å². The molecule has 0 saturated heterocycles. The highest BCUT2D eigenvalue weighted by Crippen LogP contribution is 2.16. The van der Waals surface area contributed by atoms with Crippen LogP contribution in [0.3, 0.4) is 0 Å². The van der Waals surface area contributed by atoms with Crippen LogP contribution in [0, 0.1) is 18.7 Å². The molecule has 0 heterocycles. The first-order valence-electron chi connectivity index (χ1n) is 7.80. The van der Waals surface area contributed by atoms with Gasteiger partial charge in [0.15, 0.2) is 0 Å². The number of carbonyl (C=O) groups excluding carboxylic acids is 1. The number of hydrogen-bond donors (Lipinski definition) is 0. The van der Waals surface area contributed by atoms with Crippen LogP contribution in [0.4, 0.5) is 4.39 Å². The predicted molar refractivity (Wildman–Crippen MR) is 84.7 cm³/mol.